The largest absolute Gasteiger partial charge is 0.462 e. The van der Waals surface area contributed by atoms with Crippen LogP contribution in [0.15, 0.2) is 40.1 Å². The molecule has 1 aliphatic rings. The van der Waals surface area contributed by atoms with E-state index in [4.69, 9.17) is 4.74 Å². The summed E-state index contributed by atoms with van der Waals surface area (Å²) >= 11 is 1.51. The minimum atomic E-state index is -0.371. The van der Waals surface area contributed by atoms with E-state index in [0.29, 0.717) is 29.5 Å². The van der Waals surface area contributed by atoms with Gasteiger partial charge in [0.2, 0.25) is 5.16 Å². The molecule has 8 heteroatoms. The minimum absolute atomic E-state index is 0.314. The number of hydrogen-bond acceptors (Lipinski definition) is 7. The molecule has 0 fully saturated rings. The van der Waals surface area contributed by atoms with Gasteiger partial charge >= 0.3 is 5.97 Å². The molecule has 2 heterocycles. The molecule has 0 spiro atoms. The molecule has 1 aromatic heterocycles. The molecule has 0 unspecified atom stereocenters. The van der Waals surface area contributed by atoms with Crippen LogP contribution in [0.4, 0.5) is 5.69 Å². The van der Waals surface area contributed by atoms with Crippen LogP contribution in [0.25, 0.3) is 6.08 Å². The van der Waals surface area contributed by atoms with Crippen molar-refractivity contribution in [3.63, 3.8) is 0 Å². The molecule has 28 heavy (non-hydrogen) atoms. The van der Waals surface area contributed by atoms with Crippen LogP contribution in [0, 0.1) is 6.92 Å². The first kappa shape index (κ1) is 20.1. The van der Waals surface area contributed by atoms with Crippen molar-refractivity contribution >= 4 is 35.2 Å². The quantitative estimate of drug-likeness (QED) is 0.525. The van der Waals surface area contributed by atoms with E-state index in [1.807, 2.05) is 25.1 Å². The van der Waals surface area contributed by atoms with Gasteiger partial charge in [0, 0.05) is 24.5 Å². The molecular formula is C20H25N5O2S. The maximum absolute atomic E-state index is 12.6. The van der Waals surface area contributed by atoms with Gasteiger partial charge in [0.15, 0.2) is 5.82 Å². The van der Waals surface area contributed by atoms with E-state index in [2.05, 4.69) is 46.2 Å². The van der Waals surface area contributed by atoms with Crippen LogP contribution in [0.1, 0.15) is 32.2 Å². The summed E-state index contributed by atoms with van der Waals surface area (Å²) in [5.74, 6) is 0.857. The summed E-state index contributed by atoms with van der Waals surface area (Å²) in [4.78, 5) is 14.9. The predicted octanol–water partition coefficient (Wildman–Crippen LogP) is 3.39. The third-order valence-electron chi connectivity index (χ3n) is 4.47. The number of thioether (sulfide) groups is 1. The van der Waals surface area contributed by atoms with E-state index < -0.39 is 0 Å². The van der Waals surface area contributed by atoms with E-state index in [-0.39, 0.29) is 5.97 Å². The number of anilines is 1. The molecule has 0 saturated carbocycles. The first-order chi connectivity index (χ1) is 13.6. The summed E-state index contributed by atoms with van der Waals surface area (Å²) < 4.78 is 6.95. The first-order valence-electron chi connectivity index (χ1n) is 9.44. The van der Waals surface area contributed by atoms with Crippen molar-refractivity contribution in [2.24, 2.45) is 5.10 Å². The number of nitrogens with zero attached hydrogens (tertiary/aromatic N) is 5. The van der Waals surface area contributed by atoms with Crippen LogP contribution in [0.3, 0.4) is 0 Å². The Kier molecular flexibility index (Phi) is 6.51. The lowest BCUT2D eigenvalue weighted by Gasteiger charge is -2.21. The molecule has 0 bridgehead atoms. The number of esters is 1. The molecule has 3 rings (SSSR count). The second-order valence-corrected chi connectivity index (χ2v) is 7.16. The van der Waals surface area contributed by atoms with Gasteiger partial charge in [0.1, 0.15) is 0 Å². The molecule has 0 amide bonds. The molecule has 0 saturated heterocycles. The minimum Gasteiger partial charge on any atom is -0.462 e. The van der Waals surface area contributed by atoms with Crippen molar-refractivity contribution < 1.29 is 9.53 Å². The number of carbonyl (C=O) groups is 1. The van der Waals surface area contributed by atoms with Crippen molar-refractivity contribution in [1.29, 1.82) is 0 Å². The zero-order valence-corrected chi connectivity index (χ0v) is 17.5. The number of ether oxygens (including phenoxy) is 1. The predicted molar refractivity (Wildman–Crippen MR) is 113 cm³/mol. The smallest absolute Gasteiger partial charge is 0.340 e. The van der Waals surface area contributed by atoms with Crippen molar-refractivity contribution in [1.82, 2.24) is 14.9 Å². The van der Waals surface area contributed by atoms with Crippen LogP contribution >= 0.6 is 11.8 Å². The van der Waals surface area contributed by atoms with Crippen molar-refractivity contribution in [2.45, 2.75) is 32.9 Å². The normalized spacial score (nSPS) is 13.7. The number of aryl methyl sites for hydroxylation is 1. The van der Waals surface area contributed by atoms with Crippen LogP contribution in [0.5, 0.6) is 0 Å². The van der Waals surface area contributed by atoms with Gasteiger partial charge in [-0.2, -0.15) is 9.78 Å². The van der Waals surface area contributed by atoms with Gasteiger partial charge in [-0.25, -0.2) is 4.79 Å². The average Bonchev–Trinajstić information content (AvgIpc) is 3.08. The standard InChI is InChI=1S/C20H25N5O2S/c1-5-24(6-2)16-10-8-15(9-11-16)12-17(19(26)27-7-3)18-13-28-20-22-21-14(4)25(20)23-18/h8-12H,5-7,13H2,1-4H3/b17-12-. The Morgan fingerprint density at radius 2 is 1.93 bits per heavy atom. The summed E-state index contributed by atoms with van der Waals surface area (Å²) in [5, 5.41) is 13.4. The number of rotatable bonds is 7. The van der Waals surface area contributed by atoms with Gasteiger partial charge < -0.3 is 9.64 Å². The van der Waals surface area contributed by atoms with Crippen LogP contribution in [0.2, 0.25) is 0 Å². The molecule has 2 aromatic rings. The zero-order valence-electron chi connectivity index (χ0n) is 16.7. The SMILES string of the molecule is CCOC(=O)/C(=C\c1ccc(N(CC)CC)cc1)C1=Nn2c(C)nnc2SC1. The zero-order chi connectivity index (χ0) is 20.1. The Morgan fingerprint density at radius 3 is 2.57 bits per heavy atom. The van der Waals surface area contributed by atoms with Crippen LogP contribution < -0.4 is 4.90 Å². The molecule has 1 aromatic carbocycles. The lowest BCUT2D eigenvalue weighted by molar-refractivity contribution is -0.137. The highest BCUT2D eigenvalue weighted by atomic mass is 32.2. The van der Waals surface area contributed by atoms with Gasteiger partial charge in [0.05, 0.1) is 17.9 Å². The molecule has 0 atom stereocenters. The Morgan fingerprint density at radius 1 is 1.21 bits per heavy atom. The third kappa shape index (κ3) is 4.27. The summed E-state index contributed by atoms with van der Waals surface area (Å²) in [5.41, 5.74) is 3.21. The summed E-state index contributed by atoms with van der Waals surface area (Å²) in [6.45, 7) is 10.1. The highest BCUT2D eigenvalue weighted by Gasteiger charge is 2.24. The number of fused-ring (bicyclic) bond motifs is 1. The van der Waals surface area contributed by atoms with Gasteiger partial charge in [-0.3, -0.25) is 0 Å². The van der Waals surface area contributed by atoms with Gasteiger partial charge in [-0.15, -0.1) is 10.2 Å². The molecule has 1 aliphatic heterocycles. The van der Waals surface area contributed by atoms with Crippen molar-refractivity contribution in [3.05, 3.63) is 41.2 Å². The lowest BCUT2D eigenvalue weighted by Crippen LogP contribution is -2.22. The Labute approximate surface area is 169 Å². The van der Waals surface area contributed by atoms with E-state index in [9.17, 15) is 4.79 Å². The molecule has 0 aliphatic carbocycles. The molecule has 7 nitrogen and oxygen atoms in total. The molecule has 148 valence electrons. The second-order valence-electron chi connectivity index (χ2n) is 6.22. The van der Waals surface area contributed by atoms with Crippen LogP contribution in [-0.4, -0.2) is 52.0 Å². The Bertz CT molecular complexity index is 898. The lowest BCUT2D eigenvalue weighted by atomic mass is 10.1. The third-order valence-corrected chi connectivity index (χ3v) is 5.40. The summed E-state index contributed by atoms with van der Waals surface area (Å²) in [7, 11) is 0. The van der Waals surface area contributed by atoms with Crippen molar-refractivity contribution in [3.8, 4) is 0 Å². The average molecular weight is 400 g/mol. The monoisotopic (exact) mass is 399 g/mol. The fourth-order valence-corrected chi connectivity index (χ4v) is 3.84. The van der Waals surface area contributed by atoms with Gasteiger partial charge in [0.25, 0.3) is 0 Å². The van der Waals surface area contributed by atoms with E-state index in [1.54, 1.807) is 11.6 Å². The molecule has 0 radical (unpaired) electrons. The first-order valence-corrected chi connectivity index (χ1v) is 10.4. The number of aromatic nitrogens is 3. The van der Waals surface area contributed by atoms with E-state index in [1.165, 1.54) is 11.8 Å². The van der Waals surface area contributed by atoms with E-state index >= 15 is 0 Å². The highest BCUT2D eigenvalue weighted by Crippen LogP contribution is 2.25. The summed E-state index contributed by atoms with van der Waals surface area (Å²) in [6, 6.07) is 8.17. The van der Waals surface area contributed by atoms with Crippen LogP contribution in [-0.2, 0) is 9.53 Å². The van der Waals surface area contributed by atoms with E-state index in [0.717, 1.165) is 29.5 Å². The Hall–Kier alpha value is -2.61. The topological polar surface area (TPSA) is 72.6 Å². The maximum Gasteiger partial charge on any atom is 0.340 e. The number of carbonyl (C=O) groups excluding carboxylic acids is 1. The Balaban J connectivity index is 1.96. The van der Waals surface area contributed by atoms with Crippen molar-refractivity contribution in [2.75, 3.05) is 30.3 Å². The molecule has 0 N–H and O–H groups in total. The highest BCUT2D eigenvalue weighted by molar-refractivity contribution is 7.99. The fourth-order valence-electron chi connectivity index (χ4n) is 2.96. The maximum atomic E-state index is 12.6. The second kappa shape index (κ2) is 9.05. The number of hydrogen-bond donors (Lipinski definition) is 0. The molecular weight excluding hydrogens is 374 g/mol. The van der Waals surface area contributed by atoms with Gasteiger partial charge in [-0.1, -0.05) is 23.9 Å². The fraction of sp³-hybridized carbons (Fsp3) is 0.400. The van der Waals surface area contributed by atoms with Gasteiger partial charge in [-0.05, 0) is 51.5 Å². The summed E-state index contributed by atoms with van der Waals surface area (Å²) in [6.07, 6.45) is 1.84. The number of benzene rings is 1.